The van der Waals surface area contributed by atoms with Crippen molar-refractivity contribution >= 4 is 11.3 Å². The topological polar surface area (TPSA) is 38.7 Å². The van der Waals surface area contributed by atoms with Crippen molar-refractivity contribution in [1.82, 2.24) is 15.1 Å². The van der Waals surface area contributed by atoms with E-state index in [1.807, 2.05) is 11.3 Å². The molecule has 5 heteroatoms. The van der Waals surface area contributed by atoms with E-state index in [2.05, 4.69) is 32.6 Å². The van der Waals surface area contributed by atoms with E-state index >= 15 is 0 Å². The highest BCUT2D eigenvalue weighted by molar-refractivity contribution is 7.09. The normalized spacial score (nSPS) is 22.3. The van der Waals surface area contributed by atoms with Gasteiger partial charge in [0.05, 0.1) is 6.10 Å². The van der Waals surface area contributed by atoms with E-state index in [-0.39, 0.29) is 6.10 Å². The van der Waals surface area contributed by atoms with Crippen molar-refractivity contribution in [1.29, 1.82) is 0 Å². The number of piperazine rings is 1. The first-order chi connectivity index (χ1) is 9.81. The second-order valence-electron chi connectivity index (χ2n) is 5.94. The molecule has 0 spiro atoms. The maximum Gasteiger partial charge on any atom is 0.0794 e. The van der Waals surface area contributed by atoms with E-state index in [0.717, 1.165) is 45.8 Å². The first-order valence-corrected chi connectivity index (χ1v) is 8.57. The predicted molar refractivity (Wildman–Crippen MR) is 83.1 cm³/mol. The summed E-state index contributed by atoms with van der Waals surface area (Å²) < 4.78 is 0. The molecule has 2 fully saturated rings. The van der Waals surface area contributed by atoms with Crippen LogP contribution in [0.5, 0.6) is 0 Å². The van der Waals surface area contributed by atoms with Crippen molar-refractivity contribution in [3.05, 3.63) is 22.4 Å². The standard InChI is InChI=1S/C15H25N3OS/c19-14(10-17-7-5-16-6-8-17)11-18(13-3-4-13)12-15-2-1-9-20-15/h1-2,9,13-14,16,19H,3-8,10-12H2. The van der Waals surface area contributed by atoms with E-state index < -0.39 is 0 Å². The van der Waals surface area contributed by atoms with Gasteiger partial charge in [0.1, 0.15) is 0 Å². The zero-order chi connectivity index (χ0) is 13.8. The van der Waals surface area contributed by atoms with Gasteiger partial charge in [-0.3, -0.25) is 9.80 Å². The molecular formula is C15H25N3OS. The van der Waals surface area contributed by atoms with Crippen molar-refractivity contribution < 1.29 is 5.11 Å². The first-order valence-electron chi connectivity index (χ1n) is 7.69. The summed E-state index contributed by atoms with van der Waals surface area (Å²) in [5, 5.41) is 15.9. The molecule has 0 amide bonds. The number of hydrogen-bond donors (Lipinski definition) is 2. The van der Waals surface area contributed by atoms with E-state index in [0.29, 0.717) is 6.04 Å². The SMILES string of the molecule is OC(CN1CCNCC1)CN(Cc1cccs1)C1CC1. The van der Waals surface area contributed by atoms with Crippen molar-refractivity contribution in [2.24, 2.45) is 0 Å². The summed E-state index contributed by atoms with van der Waals surface area (Å²) in [4.78, 5) is 6.25. The largest absolute Gasteiger partial charge is 0.390 e. The third kappa shape index (κ3) is 4.27. The maximum atomic E-state index is 10.4. The number of nitrogens with one attached hydrogen (secondary N) is 1. The molecule has 4 nitrogen and oxygen atoms in total. The summed E-state index contributed by atoms with van der Waals surface area (Å²) in [6.07, 6.45) is 2.37. The number of β-amino-alcohol motifs (C(OH)–C–C–N with tert-alkyl or cyclic N) is 1. The molecular weight excluding hydrogens is 270 g/mol. The fraction of sp³-hybridized carbons (Fsp3) is 0.733. The van der Waals surface area contributed by atoms with Crippen LogP contribution in [0.4, 0.5) is 0 Å². The Balaban J connectivity index is 1.47. The van der Waals surface area contributed by atoms with Crippen molar-refractivity contribution in [2.75, 3.05) is 39.3 Å². The van der Waals surface area contributed by atoms with E-state index in [1.165, 1.54) is 17.7 Å². The van der Waals surface area contributed by atoms with Gasteiger partial charge < -0.3 is 10.4 Å². The molecule has 1 atom stereocenters. The lowest BCUT2D eigenvalue weighted by molar-refractivity contribution is 0.0644. The van der Waals surface area contributed by atoms with Gasteiger partial charge in [0, 0.05) is 56.7 Å². The molecule has 1 saturated carbocycles. The molecule has 0 bridgehead atoms. The average Bonchev–Trinajstić information content (AvgIpc) is 3.18. The molecule has 0 radical (unpaired) electrons. The summed E-state index contributed by atoms with van der Waals surface area (Å²) >= 11 is 1.82. The summed E-state index contributed by atoms with van der Waals surface area (Å²) in [6, 6.07) is 5.01. The Labute approximate surface area is 125 Å². The molecule has 1 aromatic rings. The molecule has 2 aliphatic rings. The molecule has 2 N–H and O–H groups in total. The summed E-state index contributed by atoms with van der Waals surface area (Å²) in [5.41, 5.74) is 0. The van der Waals surface area contributed by atoms with Crippen LogP contribution in [-0.2, 0) is 6.54 Å². The fourth-order valence-electron chi connectivity index (χ4n) is 2.91. The first kappa shape index (κ1) is 14.5. The van der Waals surface area contributed by atoms with E-state index in [9.17, 15) is 5.11 Å². The van der Waals surface area contributed by atoms with E-state index in [4.69, 9.17) is 0 Å². The van der Waals surface area contributed by atoms with E-state index in [1.54, 1.807) is 0 Å². The third-order valence-electron chi connectivity index (χ3n) is 4.13. The Kier molecular flexibility index (Phi) is 5.07. The molecule has 1 saturated heterocycles. The van der Waals surface area contributed by atoms with Crippen LogP contribution >= 0.6 is 11.3 Å². The number of rotatable bonds is 7. The van der Waals surface area contributed by atoms with Crippen LogP contribution in [-0.4, -0.2) is 66.3 Å². The van der Waals surface area contributed by atoms with Gasteiger partial charge in [-0.05, 0) is 24.3 Å². The van der Waals surface area contributed by atoms with Gasteiger partial charge in [0.2, 0.25) is 0 Å². The Morgan fingerprint density at radius 3 is 2.85 bits per heavy atom. The highest BCUT2D eigenvalue weighted by Gasteiger charge is 2.30. The van der Waals surface area contributed by atoms with Crippen LogP contribution in [0.25, 0.3) is 0 Å². The van der Waals surface area contributed by atoms with Crippen LogP contribution in [0.1, 0.15) is 17.7 Å². The number of nitrogens with zero attached hydrogens (tertiary/aromatic N) is 2. The third-order valence-corrected chi connectivity index (χ3v) is 4.99. The minimum absolute atomic E-state index is 0.228. The van der Waals surface area contributed by atoms with Crippen molar-refractivity contribution in [3.8, 4) is 0 Å². The Morgan fingerprint density at radius 2 is 2.20 bits per heavy atom. The van der Waals surface area contributed by atoms with Crippen LogP contribution in [0, 0.1) is 0 Å². The van der Waals surface area contributed by atoms with Gasteiger partial charge in [-0.2, -0.15) is 0 Å². The monoisotopic (exact) mass is 295 g/mol. The number of aliphatic hydroxyl groups is 1. The maximum absolute atomic E-state index is 10.4. The molecule has 112 valence electrons. The lowest BCUT2D eigenvalue weighted by Gasteiger charge is -2.31. The van der Waals surface area contributed by atoms with Gasteiger partial charge in [-0.25, -0.2) is 0 Å². The van der Waals surface area contributed by atoms with Crippen molar-refractivity contribution in [3.63, 3.8) is 0 Å². The Morgan fingerprint density at radius 1 is 1.40 bits per heavy atom. The molecule has 1 aromatic heterocycles. The van der Waals surface area contributed by atoms with Crippen LogP contribution in [0.2, 0.25) is 0 Å². The predicted octanol–water partition coefficient (Wildman–Crippen LogP) is 0.979. The highest BCUT2D eigenvalue weighted by atomic mass is 32.1. The Hall–Kier alpha value is -0.460. The van der Waals surface area contributed by atoms with Crippen molar-refractivity contribution in [2.45, 2.75) is 31.5 Å². The second kappa shape index (κ2) is 7.00. The summed E-state index contributed by atoms with van der Waals surface area (Å²) in [6.45, 7) is 6.85. The highest BCUT2D eigenvalue weighted by Crippen LogP contribution is 2.29. The molecule has 1 aliphatic heterocycles. The number of thiophene rings is 1. The van der Waals surface area contributed by atoms with Gasteiger partial charge in [-0.1, -0.05) is 6.07 Å². The lowest BCUT2D eigenvalue weighted by Crippen LogP contribution is -2.48. The van der Waals surface area contributed by atoms with Gasteiger partial charge in [0.25, 0.3) is 0 Å². The molecule has 1 unspecified atom stereocenters. The second-order valence-corrected chi connectivity index (χ2v) is 6.98. The van der Waals surface area contributed by atoms with Crippen LogP contribution in [0.3, 0.4) is 0 Å². The minimum atomic E-state index is -0.228. The molecule has 1 aliphatic carbocycles. The van der Waals surface area contributed by atoms with Crippen LogP contribution < -0.4 is 5.32 Å². The quantitative estimate of drug-likeness (QED) is 0.786. The zero-order valence-corrected chi connectivity index (χ0v) is 12.8. The average molecular weight is 295 g/mol. The molecule has 20 heavy (non-hydrogen) atoms. The number of aliphatic hydroxyl groups excluding tert-OH is 1. The summed E-state index contributed by atoms with van der Waals surface area (Å²) in [5.74, 6) is 0. The summed E-state index contributed by atoms with van der Waals surface area (Å²) in [7, 11) is 0. The fourth-order valence-corrected chi connectivity index (χ4v) is 3.63. The van der Waals surface area contributed by atoms with Gasteiger partial charge >= 0.3 is 0 Å². The smallest absolute Gasteiger partial charge is 0.0794 e. The molecule has 0 aromatic carbocycles. The molecule has 2 heterocycles. The zero-order valence-electron chi connectivity index (χ0n) is 12.0. The van der Waals surface area contributed by atoms with Crippen LogP contribution in [0.15, 0.2) is 17.5 Å². The van der Waals surface area contributed by atoms with Gasteiger partial charge in [0.15, 0.2) is 0 Å². The number of hydrogen-bond acceptors (Lipinski definition) is 5. The minimum Gasteiger partial charge on any atom is -0.390 e. The van der Waals surface area contributed by atoms with Gasteiger partial charge in [-0.15, -0.1) is 11.3 Å². The Bertz CT molecular complexity index is 388. The lowest BCUT2D eigenvalue weighted by atomic mass is 10.2. The molecule has 3 rings (SSSR count).